The monoisotopic (exact) mass is 518 g/mol. The van der Waals surface area contributed by atoms with Crippen LogP contribution in [0, 0.1) is 5.92 Å². The maximum Gasteiger partial charge on any atom is 0.320 e. The molecule has 0 saturated carbocycles. The highest BCUT2D eigenvalue weighted by Crippen LogP contribution is 2.35. The zero-order valence-electron chi connectivity index (χ0n) is 21.4. The number of carbonyl (C=O) groups excluding carboxylic acids is 2. The lowest BCUT2D eigenvalue weighted by molar-refractivity contribution is -0.154. The average Bonchev–Trinajstić information content (AvgIpc) is 2.88. The van der Waals surface area contributed by atoms with Crippen LogP contribution in [0.1, 0.15) is 32.8 Å². The molecular weight excluding hydrogens is 484 g/mol. The maximum atomic E-state index is 12.9. The maximum absolute atomic E-state index is 12.9. The van der Waals surface area contributed by atoms with Gasteiger partial charge in [-0.15, -0.1) is 0 Å². The molecule has 7 nitrogen and oxygen atoms in total. The predicted molar refractivity (Wildman–Crippen MR) is 146 cm³/mol. The molecule has 0 aromatic heterocycles. The number of benzene rings is 3. The molecule has 0 saturated heterocycles. The lowest BCUT2D eigenvalue weighted by Gasteiger charge is -2.46. The van der Waals surface area contributed by atoms with Crippen LogP contribution in [0.15, 0.2) is 91.0 Å². The van der Waals surface area contributed by atoms with Crippen LogP contribution in [0.25, 0.3) is 0 Å². The molecule has 0 heterocycles. The number of carbonyl (C=O) groups is 3. The van der Waals surface area contributed by atoms with Crippen LogP contribution in [0.3, 0.4) is 0 Å². The van der Waals surface area contributed by atoms with Gasteiger partial charge in [-0.1, -0.05) is 112 Å². The number of primary amides is 1. The summed E-state index contributed by atoms with van der Waals surface area (Å²) in [7, 11) is -3.02. The van der Waals surface area contributed by atoms with E-state index in [1.54, 1.807) is 12.1 Å². The Bertz CT molecular complexity index is 1160. The van der Waals surface area contributed by atoms with Crippen LogP contribution in [0.4, 0.5) is 0 Å². The fourth-order valence-corrected chi connectivity index (χ4v) is 9.65. The summed E-state index contributed by atoms with van der Waals surface area (Å²) < 4.78 is 5.35. The molecule has 0 aliphatic carbocycles. The van der Waals surface area contributed by atoms with Gasteiger partial charge >= 0.3 is 11.9 Å². The lowest BCUT2D eigenvalue weighted by atomic mass is 10.00. The molecule has 3 rings (SSSR count). The van der Waals surface area contributed by atoms with Gasteiger partial charge < -0.3 is 20.6 Å². The standard InChI is InChI=1S/C29H34N2O5Si/c1-29(2,3)37(22-15-9-5-10-16-22,23-17-11-6-12-18-23)31-25(27(33)34)19-24(26(30)32)28(35)36-20-21-13-7-4-8-14-21/h4-18,24-25,31H,19-20H2,1-3H3,(H2,30,32)(H,33,34)/t24?,25-/m0/s1. The Labute approximate surface area is 218 Å². The molecule has 1 amide bonds. The van der Waals surface area contributed by atoms with Crippen molar-refractivity contribution < 1.29 is 24.2 Å². The molecule has 0 radical (unpaired) electrons. The Morgan fingerprint density at radius 2 is 1.32 bits per heavy atom. The summed E-state index contributed by atoms with van der Waals surface area (Å²) in [6.45, 7) is 6.18. The van der Waals surface area contributed by atoms with Gasteiger partial charge in [0, 0.05) is 0 Å². The Morgan fingerprint density at radius 3 is 1.73 bits per heavy atom. The molecule has 8 heteroatoms. The number of nitrogens with two attached hydrogens (primary N) is 1. The Kier molecular flexibility index (Phi) is 9.02. The molecule has 194 valence electrons. The molecule has 2 atom stereocenters. The third-order valence-corrected chi connectivity index (χ3v) is 12.0. The predicted octanol–water partition coefficient (Wildman–Crippen LogP) is 2.82. The van der Waals surface area contributed by atoms with Crippen molar-refractivity contribution in [3.63, 3.8) is 0 Å². The van der Waals surface area contributed by atoms with Gasteiger partial charge in [-0.2, -0.15) is 0 Å². The van der Waals surface area contributed by atoms with Crippen LogP contribution in [0.2, 0.25) is 5.04 Å². The van der Waals surface area contributed by atoms with Crippen molar-refractivity contribution in [1.29, 1.82) is 0 Å². The Morgan fingerprint density at radius 1 is 0.865 bits per heavy atom. The smallest absolute Gasteiger partial charge is 0.320 e. The first-order valence-corrected chi connectivity index (χ1v) is 14.2. The van der Waals surface area contributed by atoms with Crippen molar-refractivity contribution in [3.8, 4) is 0 Å². The lowest BCUT2D eigenvalue weighted by Crippen LogP contribution is -2.76. The van der Waals surface area contributed by atoms with Crippen molar-refractivity contribution in [2.75, 3.05) is 0 Å². The van der Waals surface area contributed by atoms with E-state index < -0.39 is 38.0 Å². The van der Waals surface area contributed by atoms with E-state index in [9.17, 15) is 19.5 Å². The normalized spacial score (nSPS) is 13.4. The SMILES string of the molecule is CC(C)(C)[Si](N[C@@H](CC(C(N)=O)C(=O)OCc1ccccc1)C(=O)O)(c1ccccc1)c1ccccc1. The molecule has 37 heavy (non-hydrogen) atoms. The summed E-state index contributed by atoms with van der Waals surface area (Å²) in [5, 5.41) is 11.9. The van der Waals surface area contributed by atoms with Gasteiger partial charge in [0.2, 0.25) is 5.91 Å². The number of hydrogen-bond acceptors (Lipinski definition) is 5. The van der Waals surface area contributed by atoms with Crippen LogP contribution in [0.5, 0.6) is 0 Å². The van der Waals surface area contributed by atoms with Crippen LogP contribution in [-0.2, 0) is 25.7 Å². The highest BCUT2D eigenvalue weighted by Gasteiger charge is 2.50. The Balaban J connectivity index is 1.98. The molecule has 0 fully saturated rings. The largest absolute Gasteiger partial charge is 0.480 e. The van der Waals surface area contributed by atoms with Crippen molar-refractivity contribution in [1.82, 2.24) is 4.98 Å². The highest BCUT2D eigenvalue weighted by molar-refractivity contribution is 7.02. The van der Waals surface area contributed by atoms with Crippen LogP contribution >= 0.6 is 0 Å². The Hall–Kier alpha value is -3.75. The minimum Gasteiger partial charge on any atom is -0.480 e. The van der Waals surface area contributed by atoms with Crippen molar-refractivity contribution in [3.05, 3.63) is 96.6 Å². The number of esters is 1. The summed E-state index contributed by atoms with van der Waals surface area (Å²) in [5.74, 6) is -4.36. The fraction of sp³-hybridized carbons (Fsp3) is 0.276. The number of aliphatic carboxylic acids is 1. The number of amides is 1. The van der Waals surface area contributed by atoms with E-state index in [1.807, 2.05) is 78.9 Å². The zero-order chi connectivity index (χ0) is 27.1. The number of carboxylic acids is 1. The molecule has 0 aliphatic heterocycles. The van der Waals surface area contributed by atoms with E-state index in [2.05, 4.69) is 25.8 Å². The first-order valence-electron chi connectivity index (χ1n) is 12.2. The first kappa shape index (κ1) is 27.8. The van der Waals surface area contributed by atoms with Gasteiger partial charge in [-0.25, -0.2) is 0 Å². The minimum atomic E-state index is -3.02. The molecule has 1 unspecified atom stereocenters. The quantitative estimate of drug-likeness (QED) is 0.204. The topological polar surface area (TPSA) is 119 Å². The molecule has 0 aliphatic rings. The fourth-order valence-electron chi connectivity index (χ4n) is 4.67. The minimum absolute atomic E-state index is 0.0384. The second-order valence-corrected chi connectivity index (χ2v) is 14.5. The van der Waals surface area contributed by atoms with Crippen molar-refractivity contribution in [2.24, 2.45) is 11.7 Å². The molecule has 4 N–H and O–H groups in total. The van der Waals surface area contributed by atoms with E-state index >= 15 is 0 Å². The van der Waals surface area contributed by atoms with Gasteiger partial charge in [0.05, 0.1) is 0 Å². The van der Waals surface area contributed by atoms with E-state index in [-0.39, 0.29) is 18.1 Å². The first-order chi connectivity index (χ1) is 17.6. The number of nitrogens with one attached hydrogen (secondary N) is 1. The summed E-state index contributed by atoms with van der Waals surface area (Å²) >= 11 is 0. The molecule has 0 spiro atoms. The van der Waals surface area contributed by atoms with Gasteiger partial charge in [0.25, 0.3) is 0 Å². The van der Waals surface area contributed by atoms with Gasteiger partial charge in [-0.05, 0) is 27.4 Å². The second kappa shape index (κ2) is 12.0. The van der Waals surface area contributed by atoms with E-state index in [0.717, 1.165) is 15.9 Å². The van der Waals surface area contributed by atoms with Gasteiger partial charge in [0.1, 0.15) is 18.6 Å². The number of carboxylic acid groups (broad SMARTS) is 1. The van der Waals surface area contributed by atoms with Gasteiger partial charge in [-0.3, -0.25) is 14.4 Å². The molecular formula is C29H34N2O5Si. The third kappa shape index (κ3) is 6.52. The average molecular weight is 519 g/mol. The molecule has 3 aromatic rings. The van der Waals surface area contributed by atoms with Crippen molar-refractivity contribution in [2.45, 2.75) is 44.9 Å². The van der Waals surface area contributed by atoms with Crippen LogP contribution < -0.4 is 21.1 Å². The summed E-state index contributed by atoms with van der Waals surface area (Å²) in [6.07, 6.45) is -0.331. The highest BCUT2D eigenvalue weighted by atomic mass is 28.3. The van der Waals surface area contributed by atoms with Gasteiger partial charge in [0.15, 0.2) is 8.24 Å². The zero-order valence-corrected chi connectivity index (χ0v) is 22.4. The molecule has 3 aromatic carbocycles. The second-order valence-electron chi connectivity index (χ2n) is 10.1. The van der Waals surface area contributed by atoms with E-state index in [1.165, 1.54) is 0 Å². The number of ether oxygens (including phenoxy) is 1. The summed E-state index contributed by atoms with van der Waals surface area (Å²) in [6, 6.07) is 27.3. The van der Waals surface area contributed by atoms with E-state index in [0.29, 0.717) is 0 Å². The summed E-state index contributed by atoms with van der Waals surface area (Å²) in [4.78, 5) is 41.3. The number of hydrogen-bond donors (Lipinski definition) is 3. The van der Waals surface area contributed by atoms with E-state index in [4.69, 9.17) is 10.5 Å². The molecule has 0 bridgehead atoms. The third-order valence-electron chi connectivity index (χ3n) is 6.55. The van der Waals surface area contributed by atoms with Crippen LogP contribution in [-0.4, -0.2) is 37.2 Å². The van der Waals surface area contributed by atoms with Crippen molar-refractivity contribution >= 4 is 36.5 Å². The summed E-state index contributed by atoms with van der Waals surface area (Å²) in [5.41, 5.74) is 6.33. The number of rotatable bonds is 11.